The highest BCUT2D eigenvalue weighted by atomic mass is 16.7. The van der Waals surface area contributed by atoms with Gasteiger partial charge in [-0.1, -0.05) is 18.2 Å². The zero-order valence-electron chi connectivity index (χ0n) is 15.4. The molecule has 3 fully saturated rings. The van der Waals surface area contributed by atoms with Crippen LogP contribution in [0, 0.1) is 0 Å². The largest absolute Gasteiger partial charge is 0.495 e. The first kappa shape index (κ1) is 16.6. The van der Waals surface area contributed by atoms with E-state index in [0.29, 0.717) is 11.8 Å². The summed E-state index contributed by atoms with van der Waals surface area (Å²) in [6.45, 7) is 10.3. The SMILES string of the molecule is CC1(C)OB(c2ccc(C3CCCOC3)cc2C2CC2)OC1(C)C. The Morgan fingerprint density at radius 1 is 0.958 bits per heavy atom. The van der Waals surface area contributed by atoms with Gasteiger partial charge in [-0.15, -0.1) is 0 Å². The van der Waals surface area contributed by atoms with Gasteiger partial charge in [-0.3, -0.25) is 0 Å². The molecule has 0 spiro atoms. The predicted molar refractivity (Wildman–Crippen MR) is 96.9 cm³/mol. The van der Waals surface area contributed by atoms with Crippen LogP contribution in [-0.4, -0.2) is 31.5 Å². The third kappa shape index (κ3) is 2.93. The van der Waals surface area contributed by atoms with E-state index >= 15 is 0 Å². The fourth-order valence-electron chi connectivity index (χ4n) is 3.78. The van der Waals surface area contributed by atoms with Crippen LogP contribution < -0.4 is 5.46 Å². The molecule has 2 saturated heterocycles. The van der Waals surface area contributed by atoms with Gasteiger partial charge in [0.25, 0.3) is 0 Å². The zero-order chi connectivity index (χ0) is 16.9. The van der Waals surface area contributed by atoms with Crippen molar-refractivity contribution < 1.29 is 14.0 Å². The summed E-state index contributed by atoms with van der Waals surface area (Å²) in [6, 6.07) is 6.93. The zero-order valence-corrected chi connectivity index (χ0v) is 15.4. The minimum Gasteiger partial charge on any atom is -0.399 e. The Hall–Kier alpha value is -0.835. The maximum absolute atomic E-state index is 6.31. The summed E-state index contributed by atoms with van der Waals surface area (Å²) in [5, 5.41) is 0. The van der Waals surface area contributed by atoms with E-state index in [-0.39, 0.29) is 18.3 Å². The van der Waals surface area contributed by atoms with Gasteiger partial charge < -0.3 is 14.0 Å². The summed E-state index contributed by atoms with van der Waals surface area (Å²) in [6.07, 6.45) is 4.98. The van der Waals surface area contributed by atoms with Gasteiger partial charge >= 0.3 is 7.12 Å². The Bertz CT molecular complexity index is 599. The van der Waals surface area contributed by atoms with E-state index < -0.39 is 0 Å². The second-order valence-corrected chi connectivity index (χ2v) is 8.66. The van der Waals surface area contributed by atoms with E-state index in [1.165, 1.54) is 42.3 Å². The Balaban J connectivity index is 1.64. The summed E-state index contributed by atoms with van der Waals surface area (Å²) < 4.78 is 18.3. The molecular weight excluding hydrogens is 299 g/mol. The van der Waals surface area contributed by atoms with E-state index in [0.717, 1.165) is 13.2 Å². The first-order valence-electron chi connectivity index (χ1n) is 9.44. The third-order valence-corrected chi connectivity index (χ3v) is 6.27. The number of hydrogen-bond donors (Lipinski definition) is 0. The average molecular weight is 328 g/mol. The lowest BCUT2D eigenvalue weighted by Gasteiger charge is -2.32. The summed E-state index contributed by atoms with van der Waals surface area (Å²) in [4.78, 5) is 0. The van der Waals surface area contributed by atoms with E-state index in [9.17, 15) is 0 Å². The molecule has 1 aromatic carbocycles. The maximum Gasteiger partial charge on any atom is 0.495 e. The van der Waals surface area contributed by atoms with E-state index in [2.05, 4.69) is 45.9 Å². The molecule has 1 aromatic rings. The molecule has 2 heterocycles. The molecule has 4 rings (SSSR count). The van der Waals surface area contributed by atoms with Gasteiger partial charge in [0, 0.05) is 12.5 Å². The van der Waals surface area contributed by atoms with Crippen LogP contribution in [0.3, 0.4) is 0 Å². The van der Waals surface area contributed by atoms with Crippen molar-refractivity contribution in [1.29, 1.82) is 0 Å². The van der Waals surface area contributed by atoms with Gasteiger partial charge in [-0.2, -0.15) is 0 Å². The Morgan fingerprint density at radius 3 is 2.25 bits per heavy atom. The van der Waals surface area contributed by atoms with Gasteiger partial charge in [-0.05, 0) is 75.9 Å². The molecule has 0 amide bonds. The molecule has 0 radical (unpaired) electrons. The molecule has 130 valence electrons. The van der Waals surface area contributed by atoms with Crippen molar-refractivity contribution in [1.82, 2.24) is 0 Å². The van der Waals surface area contributed by atoms with Crippen LogP contribution in [0.4, 0.5) is 0 Å². The van der Waals surface area contributed by atoms with Gasteiger partial charge in [0.2, 0.25) is 0 Å². The summed E-state index contributed by atoms with van der Waals surface area (Å²) in [7, 11) is -0.248. The molecule has 3 aliphatic rings. The lowest BCUT2D eigenvalue weighted by atomic mass is 9.73. The molecule has 0 aromatic heterocycles. The highest BCUT2D eigenvalue weighted by Gasteiger charge is 2.52. The van der Waals surface area contributed by atoms with Crippen LogP contribution in [0.15, 0.2) is 18.2 Å². The molecule has 0 bridgehead atoms. The number of hydrogen-bond acceptors (Lipinski definition) is 3. The first-order valence-corrected chi connectivity index (χ1v) is 9.44. The minimum atomic E-state index is -0.283. The first-order chi connectivity index (χ1) is 11.4. The van der Waals surface area contributed by atoms with Crippen LogP contribution >= 0.6 is 0 Å². The van der Waals surface area contributed by atoms with Crippen LogP contribution in [0.1, 0.15) is 76.3 Å². The van der Waals surface area contributed by atoms with Crippen LogP contribution in [0.25, 0.3) is 0 Å². The molecule has 3 nitrogen and oxygen atoms in total. The van der Waals surface area contributed by atoms with Crippen molar-refractivity contribution in [2.45, 2.75) is 76.4 Å². The Morgan fingerprint density at radius 2 is 1.67 bits per heavy atom. The molecule has 24 heavy (non-hydrogen) atoms. The summed E-state index contributed by atoms with van der Waals surface area (Å²) >= 11 is 0. The number of benzene rings is 1. The molecule has 1 aliphatic carbocycles. The Labute approximate surface area is 146 Å². The molecule has 1 saturated carbocycles. The summed E-state index contributed by atoms with van der Waals surface area (Å²) in [5.74, 6) is 1.23. The highest BCUT2D eigenvalue weighted by Crippen LogP contribution is 2.42. The van der Waals surface area contributed by atoms with E-state index in [4.69, 9.17) is 14.0 Å². The molecule has 2 aliphatic heterocycles. The molecule has 1 atom stereocenters. The second kappa shape index (κ2) is 5.86. The van der Waals surface area contributed by atoms with Crippen molar-refractivity contribution in [2.24, 2.45) is 0 Å². The van der Waals surface area contributed by atoms with E-state index in [1.807, 2.05) is 0 Å². The minimum absolute atomic E-state index is 0.248. The standard InChI is InChI=1S/C20H29BO3/c1-19(2)20(3,4)24-21(23-19)18-10-9-15(12-17(18)14-7-8-14)16-6-5-11-22-13-16/h9-10,12,14,16H,5-8,11,13H2,1-4H3. The van der Waals surface area contributed by atoms with Crippen LogP contribution in [-0.2, 0) is 14.0 Å². The van der Waals surface area contributed by atoms with Crippen molar-refractivity contribution in [2.75, 3.05) is 13.2 Å². The molecule has 4 heteroatoms. The van der Waals surface area contributed by atoms with Gasteiger partial charge in [0.1, 0.15) is 0 Å². The fourth-order valence-corrected chi connectivity index (χ4v) is 3.78. The van der Waals surface area contributed by atoms with E-state index in [1.54, 1.807) is 0 Å². The van der Waals surface area contributed by atoms with Crippen molar-refractivity contribution in [3.63, 3.8) is 0 Å². The van der Waals surface area contributed by atoms with Crippen molar-refractivity contribution in [3.05, 3.63) is 29.3 Å². The molecule has 1 unspecified atom stereocenters. The second-order valence-electron chi connectivity index (χ2n) is 8.66. The number of ether oxygens (including phenoxy) is 1. The maximum atomic E-state index is 6.31. The van der Waals surface area contributed by atoms with Gasteiger partial charge in [0.15, 0.2) is 0 Å². The van der Waals surface area contributed by atoms with Crippen LogP contribution in [0.5, 0.6) is 0 Å². The highest BCUT2D eigenvalue weighted by molar-refractivity contribution is 6.62. The van der Waals surface area contributed by atoms with Crippen LogP contribution in [0.2, 0.25) is 0 Å². The predicted octanol–water partition coefficient (Wildman–Crippen LogP) is 3.76. The fraction of sp³-hybridized carbons (Fsp3) is 0.700. The van der Waals surface area contributed by atoms with Crippen molar-refractivity contribution >= 4 is 12.6 Å². The lowest BCUT2D eigenvalue weighted by Crippen LogP contribution is -2.41. The lowest BCUT2D eigenvalue weighted by molar-refractivity contribution is 0.00578. The Kier molecular flexibility index (Phi) is 4.06. The van der Waals surface area contributed by atoms with Gasteiger partial charge in [-0.25, -0.2) is 0 Å². The van der Waals surface area contributed by atoms with Gasteiger partial charge in [0.05, 0.1) is 17.8 Å². The third-order valence-electron chi connectivity index (χ3n) is 6.27. The molecular formula is C20H29BO3. The average Bonchev–Trinajstić information content (AvgIpc) is 3.35. The monoisotopic (exact) mass is 328 g/mol. The summed E-state index contributed by atoms with van der Waals surface area (Å²) in [5.41, 5.74) is 3.54. The normalized spacial score (nSPS) is 29.0. The topological polar surface area (TPSA) is 27.7 Å². The number of rotatable bonds is 3. The molecule has 0 N–H and O–H groups in total. The smallest absolute Gasteiger partial charge is 0.399 e. The quantitative estimate of drug-likeness (QED) is 0.791. The van der Waals surface area contributed by atoms with Crippen molar-refractivity contribution in [3.8, 4) is 0 Å².